The number of hydrogen-bond donors (Lipinski definition) is 1. The van der Waals surface area contributed by atoms with Gasteiger partial charge in [0, 0.05) is 37.1 Å². The van der Waals surface area contributed by atoms with E-state index < -0.39 is 0 Å². The van der Waals surface area contributed by atoms with Crippen molar-refractivity contribution in [2.75, 3.05) is 0 Å². The van der Waals surface area contributed by atoms with Gasteiger partial charge in [-0.3, -0.25) is 4.99 Å². The quantitative estimate of drug-likeness (QED) is 0.181. The highest BCUT2D eigenvalue weighted by atomic mass is 32.1. The smallest absolute Gasteiger partial charge is 0.145 e. The van der Waals surface area contributed by atoms with E-state index in [4.69, 9.17) is 4.99 Å². The maximum Gasteiger partial charge on any atom is 0.145 e. The van der Waals surface area contributed by atoms with Crippen molar-refractivity contribution in [2.45, 2.75) is 18.6 Å². The van der Waals surface area contributed by atoms with Gasteiger partial charge in [0.2, 0.25) is 0 Å². The molecule has 4 heteroatoms. The van der Waals surface area contributed by atoms with Crippen LogP contribution >= 0.6 is 11.3 Å². The first-order valence-corrected chi connectivity index (χ1v) is 20.1. The predicted molar refractivity (Wildman–Crippen MR) is 236 cm³/mol. The van der Waals surface area contributed by atoms with Crippen LogP contribution in [0.25, 0.3) is 54.3 Å². The molecule has 2 aliphatic rings. The van der Waals surface area contributed by atoms with Crippen molar-refractivity contribution in [2.24, 2.45) is 4.99 Å². The molecule has 0 spiro atoms. The molecule has 0 amide bonds. The number of nitrogens with one attached hydrogen (secondary N) is 1. The first kappa shape index (κ1) is 32.7. The van der Waals surface area contributed by atoms with E-state index in [2.05, 4.69) is 204 Å². The number of fused-ring (bicyclic) bond motifs is 6. The molecule has 2 unspecified atom stereocenters. The van der Waals surface area contributed by atoms with Crippen LogP contribution in [-0.2, 0) is 6.42 Å². The Hall–Kier alpha value is -6.75. The Labute approximate surface area is 330 Å². The number of para-hydroxylation sites is 1. The number of thiophene rings is 1. The molecule has 0 radical (unpaired) electrons. The lowest BCUT2D eigenvalue weighted by molar-refractivity contribution is 0.637. The zero-order valence-electron chi connectivity index (χ0n) is 30.6. The first-order chi connectivity index (χ1) is 27.7. The minimum atomic E-state index is -0.221. The van der Waals surface area contributed by atoms with Gasteiger partial charge in [0.05, 0.1) is 17.3 Å². The van der Waals surface area contributed by atoms with Gasteiger partial charge in [-0.25, -0.2) is 0 Å². The SMILES string of the molecule is C1=C(c2ccc(-c3ccccc3)cc2)NC(c2ccccc2)N=C1c1ccc2c3ccccc3n(C3C=C(c4ccccc4)c4sc5ccccc5c4C3)c2c1. The Morgan fingerprint density at radius 1 is 0.536 bits per heavy atom. The van der Waals surface area contributed by atoms with Crippen molar-refractivity contribution in [3.63, 3.8) is 0 Å². The van der Waals surface area contributed by atoms with Crippen LogP contribution in [0.3, 0.4) is 0 Å². The molecule has 11 rings (SSSR count). The van der Waals surface area contributed by atoms with Crippen LogP contribution in [0, 0.1) is 0 Å². The number of nitrogens with zero attached hydrogens (tertiary/aromatic N) is 2. The van der Waals surface area contributed by atoms with Gasteiger partial charge in [0.1, 0.15) is 6.17 Å². The highest BCUT2D eigenvalue weighted by Crippen LogP contribution is 2.46. The maximum atomic E-state index is 5.38. The molecule has 2 atom stereocenters. The predicted octanol–water partition coefficient (Wildman–Crippen LogP) is 13.0. The Bertz CT molecular complexity index is 3000. The number of rotatable bonds is 6. The number of benzene rings is 7. The van der Waals surface area contributed by atoms with Crippen LogP contribution in [0.1, 0.15) is 44.9 Å². The molecule has 0 fully saturated rings. The largest absolute Gasteiger partial charge is 0.360 e. The lowest BCUT2D eigenvalue weighted by atomic mass is 9.89. The molecule has 0 saturated heterocycles. The van der Waals surface area contributed by atoms with Crippen molar-refractivity contribution >= 4 is 60.2 Å². The second-order valence-corrected chi connectivity index (χ2v) is 15.8. The number of aromatic nitrogens is 1. The van der Waals surface area contributed by atoms with Gasteiger partial charge in [-0.2, -0.15) is 0 Å². The lowest BCUT2D eigenvalue weighted by Gasteiger charge is -2.26. The summed E-state index contributed by atoms with van der Waals surface area (Å²) >= 11 is 1.92. The van der Waals surface area contributed by atoms with Gasteiger partial charge in [0.15, 0.2) is 0 Å². The van der Waals surface area contributed by atoms with Crippen LogP contribution in [-0.4, -0.2) is 10.3 Å². The topological polar surface area (TPSA) is 29.3 Å². The highest BCUT2D eigenvalue weighted by molar-refractivity contribution is 7.20. The van der Waals surface area contributed by atoms with Gasteiger partial charge in [-0.05, 0) is 75.0 Å². The molecular weight excluding hydrogens is 699 g/mol. The molecule has 9 aromatic rings. The molecule has 7 aromatic carbocycles. The van der Waals surface area contributed by atoms with Gasteiger partial charge in [-0.1, -0.05) is 170 Å². The summed E-state index contributed by atoms with van der Waals surface area (Å²) < 4.78 is 3.94. The third-order valence-electron chi connectivity index (χ3n) is 11.4. The van der Waals surface area contributed by atoms with E-state index in [1.165, 1.54) is 64.6 Å². The van der Waals surface area contributed by atoms with Crippen LogP contribution in [0.2, 0.25) is 0 Å². The molecule has 0 saturated carbocycles. The van der Waals surface area contributed by atoms with Crippen molar-refractivity contribution in [1.29, 1.82) is 0 Å². The van der Waals surface area contributed by atoms with Crippen molar-refractivity contribution in [3.8, 4) is 11.1 Å². The monoisotopic (exact) mass is 735 g/mol. The summed E-state index contributed by atoms with van der Waals surface area (Å²) in [6, 6.07) is 65.8. The fraction of sp³-hybridized carbons (Fsp3) is 0.0577. The Balaban J connectivity index is 1.07. The van der Waals surface area contributed by atoms with E-state index in [1.54, 1.807) is 0 Å². The average molecular weight is 736 g/mol. The average Bonchev–Trinajstić information content (AvgIpc) is 3.82. The molecule has 1 aliphatic carbocycles. The number of hydrogen-bond acceptors (Lipinski definition) is 3. The summed E-state index contributed by atoms with van der Waals surface area (Å²) in [5, 5.41) is 7.67. The van der Waals surface area contributed by atoms with E-state index >= 15 is 0 Å². The van der Waals surface area contributed by atoms with Crippen LogP contribution in [0.5, 0.6) is 0 Å². The molecule has 1 N–H and O–H groups in total. The van der Waals surface area contributed by atoms with Crippen LogP contribution in [0.15, 0.2) is 199 Å². The van der Waals surface area contributed by atoms with Gasteiger partial charge in [0.25, 0.3) is 0 Å². The lowest BCUT2D eigenvalue weighted by Crippen LogP contribution is -2.24. The summed E-state index contributed by atoms with van der Waals surface area (Å²) in [6.07, 6.45) is 5.46. The zero-order chi connectivity index (χ0) is 37.0. The Morgan fingerprint density at radius 2 is 1.14 bits per heavy atom. The molecule has 2 aromatic heterocycles. The van der Waals surface area contributed by atoms with Crippen molar-refractivity contribution in [3.05, 3.63) is 227 Å². The fourth-order valence-corrected chi connectivity index (χ4v) is 9.99. The zero-order valence-corrected chi connectivity index (χ0v) is 31.5. The summed E-state index contributed by atoms with van der Waals surface area (Å²) in [7, 11) is 0. The van der Waals surface area contributed by atoms with E-state index in [9.17, 15) is 0 Å². The summed E-state index contributed by atoms with van der Waals surface area (Å²) in [4.78, 5) is 6.77. The minimum absolute atomic E-state index is 0.120. The summed E-state index contributed by atoms with van der Waals surface area (Å²) in [5.41, 5.74) is 14.3. The minimum Gasteiger partial charge on any atom is -0.360 e. The Morgan fingerprint density at radius 3 is 1.93 bits per heavy atom. The van der Waals surface area contributed by atoms with E-state index in [-0.39, 0.29) is 12.2 Å². The summed E-state index contributed by atoms with van der Waals surface area (Å²) in [5.74, 6) is 0. The van der Waals surface area contributed by atoms with Gasteiger partial charge >= 0.3 is 0 Å². The maximum absolute atomic E-state index is 5.38. The molecule has 1 aliphatic heterocycles. The second kappa shape index (κ2) is 13.5. The van der Waals surface area contributed by atoms with E-state index in [0.717, 1.165) is 34.5 Å². The fourth-order valence-electron chi connectivity index (χ4n) is 8.71. The van der Waals surface area contributed by atoms with Crippen molar-refractivity contribution in [1.82, 2.24) is 9.88 Å². The van der Waals surface area contributed by atoms with E-state index in [1.807, 2.05) is 11.3 Å². The molecule has 3 heterocycles. The second-order valence-electron chi connectivity index (χ2n) is 14.7. The normalized spacial score (nSPS) is 16.6. The van der Waals surface area contributed by atoms with Crippen LogP contribution in [0.4, 0.5) is 0 Å². The highest BCUT2D eigenvalue weighted by Gasteiger charge is 2.28. The summed E-state index contributed by atoms with van der Waals surface area (Å²) in [6.45, 7) is 0. The number of aliphatic imine (C=N–C) groups is 1. The standard InChI is InChI=1S/C52H37N3S/c1-4-14-34(15-5-1)35-24-26-37(27-25-35)46-33-47(54-52(53-46)38-18-8-3-9-19-38)39-28-29-42-41-20-10-12-22-48(41)55(49(42)30-39)40-31-44(36-16-6-2-7-17-36)51-45(32-40)43-21-11-13-23-50(43)56-51/h1-31,33,40,52-53H,32H2. The molecule has 3 nitrogen and oxygen atoms in total. The Kier molecular flexibility index (Phi) is 7.89. The third kappa shape index (κ3) is 5.61. The molecule has 0 bridgehead atoms. The first-order valence-electron chi connectivity index (χ1n) is 19.3. The third-order valence-corrected chi connectivity index (χ3v) is 12.6. The number of allylic oxidation sites excluding steroid dienone is 2. The molecule has 56 heavy (non-hydrogen) atoms. The van der Waals surface area contributed by atoms with E-state index in [0.29, 0.717) is 0 Å². The van der Waals surface area contributed by atoms with Crippen LogP contribution < -0.4 is 5.32 Å². The van der Waals surface area contributed by atoms with Crippen molar-refractivity contribution < 1.29 is 0 Å². The van der Waals surface area contributed by atoms with Gasteiger partial charge < -0.3 is 9.88 Å². The molecular formula is C52H37N3S. The molecule has 266 valence electrons. The van der Waals surface area contributed by atoms with Gasteiger partial charge in [-0.15, -0.1) is 11.3 Å².